The van der Waals surface area contributed by atoms with Crippen molar-refractivity contribution in [1.29, 1.82) is 0 Å². The van der Waals surface area contributed by atoms with Crippen molar-refractivity contribution in [1.82, 2.24) is 9.97 Å². The average molecular weight is 450 g/mol. The van der Waals surface area contributed by atoms with Crippen molar-refractivity contribution in [2.24, 2.45) is 0 Å². The molecule has 1 N–H and O–H groups in total. The van der Waals surface area contributed by atoms with E-state index in [-0.39, 0.29) is 11.6 Å². The van der Waals surface area contributed by atoms with Crippen LogP contribution in [0.25, 0.3) is 33.3 Å². The summed E-state index contributed by atoms with van der Waals surface area (Å²) in [7, 11) is 1.48. The van der Waals surface area contributed by atoms with Crippen molar-refractivity contribution in [3.05, 3.63) is 56.8 Å². The molecule has 0 aliphatic carbocycles. The lowest BCUT2D eigenvalue weighted by atomic mass is 10.0. The highest BCUT2D eigenvalue weighted by Gasteiger charge is 2.17. The van der Waals surface area contributed by atoms with Crippen LogP contribution in [-0.4, -0.2) is 17.1 Å². The predicted molar refractivity (Wildman–Crippen MR) is 104 cm³/mol. The smallest absolute Gasteiger partial charge is 0.166 e. The maximum absolute atomic E-state index is 14.3. The van der Waals surface area contributed by atoms with E-state index in [0.717, 1.165) is 36.9 Å². The first-order chi connectivity index (χ1) is 11.7. The number of H-pyrrole nitrogens is 1. The quantitative estimate of drug-likeness (QED) is 0.406. The van der Waals surface area contributed by atoms with Crippen molar-refractivity contribution < 1.29 is 9.13 Å². The molecule has 3 aromatic heterocycles. The Hall–Kier alpha value is -1.93. The minimum atomic E-state index is -0.365. The SMILES string of the molecule is COc1c(F)cc(I)cc1-c1c[nH]c2ncc(-c3ccsc3)cc12. The Morgan fingerprint density at radius 2 is 2.08 bits per heavy atom. The second-order valence-corrected chi connectivity index (χ2v) is 7.33. The summed E-state index contributed by atoms with van der Waals surface area (Å²) in [5.74, 6) is -0.118. The van der Waals surface area contributed by atoms with Crippen LogP contribution >= 0.6 is 33.9 Å². The summed E-state index contributed by atoms with van der Waals surface area (Å²) in [5, 5.41) is 5.06. The van der Waals surface area contributed by atoms with Crippen molar-refractivity contribution in [2.75, 3.05) is 7.11 Å². The lowest BCUT2D eigenvalue weighted by Gasteiger charge is -2.10. The predicted octanol–water partition coefficient (Wildman–Crippen LogP) is 5.71. The van der Waals surface area contributed by atoms with Crippen LogP contribution < -0.4 is 4.74 Å². The molecule has 0 unspecified atom stereocenters. The van der Waals surface area contributed by atoms with E-state index in [4.69, 9.17) is 4.74 Å². The molecule has 0 amide bonds. The first-order valence-electron chi connectivity index (χ1n) is 7.20. The van der Waals surface area contributed by atoms with E-state index in [9.17, 15) is 4.39 Å². The van der Waals surface area contributed by atoms with Crippen molar-refractivity contribution in [2.45, 2.75) is 0 Å². The molecule has 24 heavy (non-hydrogen) atoms. The third-order valence-electron chi connectivity index (χ3n) is 3.89. The lowest BCUT2D eigenvalue weighted by molar-refractivity contribution is 0.388. The highest BCUT2D eigenvalue weighted by Crippen LogP contribution is 2.38. The first kappa shape index (κ1) is 15.6. The Bertz CT molecular complexity index is 1030. The van der Waals surface area contributed by atoms with Gasteiger partial charge in [0, 0.05) is 38.0 Å². The molecule has 3 heterocycles. The number of fused-ring (bicyclic) bond motifs is 1. The molecule has 4 aromatic rings. The van der Waals surface area contributed by atoms with Crippen molar-refractivity contribution >= 4 is 45.0 Å². The standard InChI is InChI=1S/C18H12FIN2OS/c1-23-17-13(5-12(20)6-16(17)19)15-8-22-18-14(15)4-11(7-21-18)10-2-3-24-9-10/h2-9H,1H3,(H,21,22). The maximum Gasteiger partial charge on any atom is 0.166 e. The van der Waals surface area contributed by atoms with Gasteiger partial charge in [0.25, 0.3) is 0 Å². The van der Waals surface area contributed by atoms with Crippen LogP contribution in [0.15, 0.2) is 47.4 Å². The fourth-order valence-corrected chi connectivity index (χ4v) is 4.03. The fourth-order valence-electron chi connectivity index (χ4n) is 2.78. The minimum absolute atomic E-state index is 0.247. The number of ether oxygens (including phenoxy) is 1. The summed E-state index contributed by atoms with van der Waals surface area (Å²) in [6.07, 6.45) is 3.69. The summed E-state index contributed by atoms with van der Waals surface area (Å²) >= 11 is 3.75. The zero-order valence-corrected chi connectivity index (χ0v) is 15.6. The fraction of sp³-hybridized carbons (Fsp3) is 0.0556. The van der Waals surface area contributed by atoms with E-state index in [1.807, 2.05) is 23.8 Å². The van der Waals surface area contributed by atoms with E-state index in [1.54, 1.807) is 11.3 Å². The Morgan fingerprint density at radius 1 is 1.21 bits per heavy atom. The topological polar surface area (TPSA) is 37.9 Å². The van der Waals surface area contributed by atoms with Gasteiger partial charge in [-0.3, -0.25) is 0 Å². The van der Waals surface area contributed by atoms with E-state index >= 15 is 0 Å². The molecule has 3 nitrogen and oxygen atoms in total. The van der Waals surface area contributed by atoms with Gasteiger partial charge in [0.15, 0.2) is 11.6 Å². The molecule has 1 aromatic carbocycles. The molecule has 0 radical (unpaired) electrons. The van der Waals surface area contributed by atoms with Gasteiger partial charge in [-0.25, -0.2) is 9.37 Å². The van der Waals surface area contributed by atoms with Crippen LogP contribution in [0.5, 0.6) is 5.75 Å². The van der Waals surface area contributed by atoms with Crippen LogP contribution in [0.1, 0.15) is 0 Å². The van der Waals surface area contributed by atoms with Crippen LogP contribution in [0.4, 0.5) is 4.39 Å². The van der Waals surface area contributed by atoms with E-state index < -0.39 is 0 Å². The van der Waals surface area contributed by atoms with Gasteiger partial charge in [-0.15, -0.1) is 0 Å². The number of hydrogen-bond acceptors (Lipinski definition) is 3. The second kappa shape index (κ2) is 6.18. The molecule has 0 spiro atoms. The maximum atomic E-state index is 14.3. The first-order valence-corrected chi connectivity index (χ1v) is 9.22. The van der Waals surface area contributed by atoms with Crippen molar-refractivity contribution in [3.8, 4) is 28.0 Å². The molecule has 0 atom stereocenters. The van der Waals surface area contributed by atoms with Crippen LogP contribution in [0, 0.1) is 9.39 Å². The molecule has 0 aliphatic heterocycles. The van der Waals surface area contributed by atoms with E-state index in [0.29, 0.717) is 0 Å². The number of thiophene rings is 1. The van der Waals surface area contributed by atoms with E-state index in [1.165, 1.54) is 13.2 Å². The third-order valence-corrected chi connectivity index (χ3v) is 5.19. The highest BCUT2D eigenvalue weighted by molar-refractivity contribution is 14.1. The Kier molecular flexibility index (Phi) is 4.01. The lowest BCUT2D eigenvalue weighted by Crippen LogP contribution is -1.93. The van der Waals surface area contributed by atoms with Crippen LogP contribution in [0.2, 0.25) is 0 Å². The van der Waals surface area contributed by atoms with Crippen LogP contribution in [-0.2, 0) is 0 Å². The molecule has 120 valence electrons. The summed E-state index contributed by atoms with van der Waals surface area (Å²) in [6.45, 7) is 0. The van der Waals surface area contributed by atoms with Gasteiger partial charge >= 0.3 is 0 Å². The number of nitrogens with one attached hydrogen (secondary N) is 1. The zero-order valence-electron chi connectivity index (χ0n) is 12.6. The minimum Gasteiger partial charge on any atom is -0.493 e. The normalized spacial score (nSPS) is 11.1. The van der Waals surface area contributed by atoms with Gasteiger partial charge in [0.1, 0.15) is 5.65 Å². The molecule has 0 fully saturated rings. The Balaban J connectivity index is 1.96. The van der Waals surface area contributed by atoms with Gasteiger partial charge < -0.3 is 9.72 Å². The van der Waals surface area contributed by atoms with Gasteiger partial charge in [-0.2, -0.15) is 11.3 Å². The molecule has 0 aliphatic rings. The number of nitrogens with zero attached hydrogens (tertiary/aromatic N) is 1. The second-order valence-electron chi connectivity index (χ2n) is 5.30. The molecule has 0 bridgehead atoms. The van der Waals surface area contributed by atoms with Gasteiger partial charge in [-0.05, 0) is 63.2 Å². The Morgan fingerprint density at radius 3 is 2.83 bits per heavy atom. The number of methoxy groups -OCH3 is 1. The highest BCUT2D eigenvalue weighted by atomic mass is 127. The largest absolute Gasteiger partial charge is 0.493 e. The summed E-state index contributed by atoms with van der Waals surface area (Å²) in [4.78, 5) is 7.66. The molecule has 0 saturated heterocycles. The number of hydrogen-bond donors (Lipinski definition) is 1. The molecule has 4 rings (SSSR count). The number of aromatic amines is 1. The van der Waals surface area contributed by atoms with Gasteiger partial charge in [-0.1, -0.05) is 0 Å². The van der Waals surface area contributed by atoms with E-state index in [2.05, 4.69) is 50.1 Å². The monoisotopic (exact) mass is 450 g/mol. The van der Waals surface area contributed by atoms with Crippen molar-refractivity contribution in [3.63, 3.8) is 0 Å². The number of pyridine rings is 1. The summed E-state index contributed by atoms with van der Waals surface area (Å²) in [6, 6.07) is 7.52. The zero-order chi connectivity index (χ0) is 16.7. The molecule has 6 heteroatoms. The summed E-state index contributed by atoms with van der Waals surface area (Å²) < 4.78 is 20.4. The number of benzene rings is 1. The summed E-state index contributed by atoms with van der Waals surface area (Å²) in [5.41, 5.74) is 4.53. The molecular formula is C18H12FIN2OS. The number of aromatic nitrogens is 2. The van der Waals surface area contributed by atoms with Gasteiger partial charge in [0.05, 0.1) is 7.11 Å². The number of halogens is 2. The molecule has 0 saturated carbocycles. The van der Waals surface area contributed by atoms with Gasteiger partial charge in [0.2, 0.25) is 0 Å². The van der Waals surface area contributed by atoms with Crippen LogP contribution in [0.3, 0.4) is 0 Å². The average Bonchev–Trinajstić information content (AvgIpc) is 3.23. The third kappa shape index (κ3) is 2.59. The Labute approximate surface area is 155 Å². The molecular weight excluding hydrogens is 438 g/mol. The number of rotatable bonds is 3.